The SMILES string of the molecule is Cc1ccc2nc(CCC(=O)N3CCC(C(=O)c4nc5ccccc5s4)CC3)[nH]c2c1. The topological polar surface area (TPSA) is 79.0 Å². The van der Waals surface area contributed by atoms with E-state index in [9.17, 15) is 9.59 Å². The van der Waals surface area contributed by atoms with Crippen molar-refractivity contribution in [2.24, 2.45) is 5.92 Å². The Bertz CT molecular complexity index is 1230. The number of amides is 1. The van der Waals surface area contributed by atoms with E-state index in [1.54, 1.807) is 0 Å². The molecule has 0 atom stereocenters. The lowest BCUT2D eigenvalue weighted by atomic mass is 9.92. The van der Waals surface area contributed by atoms with Crippen molar-refractivity contribution in [2.45, 2.75) is 32.6 Å². The normalized spacial score (nSPS) is 15.1. The van der Waals surface area contributed by atoms with Crippen molar-refractivity contribution in [3.63, 3.8) is 0 Å². The number of fused-ring (bicyclic) bond motifs is 2. The molecule has 1 amide bonds. The summed E-state index contributed by atoms with van der Waals surface area (Å²) in [5.74, 6) is 1.03. The molecule has 0 bridgehead atoms. The first kappa shape index (κ1) is 19.9. The van der Waals surface area contributed by atoms with Gasteiger partial charge in [0.15, 0.2) is 10.8 Å². The second-order valence-electron chi connectivity index (χ2n) is 8.21. The van der Waals surface area contributed by atoms with Gasteiger partial charge in [0, 0.05) is 31.8 Å². The van der Waals surface area contributed by atoms with Gasteiger partial charge in [-0.2, -0.15) is 0 Å². The molecule has 1 aliphatic rings. The highest BCUT2D eigenvalue weighted by atomic mass is 32.1. The number of H-pyrrole nitrogens is 1. The molecule has 1 N–H and O–H groups in total. The number of thiazole rings is 1. The number of rotatable bonds is 5. The molecular weight excluding hydrogens is 408 g/mol. The Kier molecular flexibility index (Phi) is 5.28. The highest BCUT2D eigenvalue weighted by Gasteiger charge is 2.29. The number of benzene rings is 2. The van der Waals surface area contributed by atoms with Crippen molar-refractivity contribution in [3.8, 4) is 0 Å². The highest BCUT2D eigenvalue weighted by Crippen LogP contribution is 2.28. The van der Waals surface area contributed by atoms with Gasteiger partial charge in [-0.3, -0.25) is 9.59 Å². The number of para-hydroxylation sites is 1. The number of Topliss-reactive ketones (excluding diaryl/α,β-unsaturated/α-hetero) is 1. The molecule has 1 fully saturated rings. The van der Waals surface area contributed by atoms with Crippen molar-refractivity contribution < 1.29 is 9.59 Å². The van der Waals surface area contributed by atoms with Crippen LogP contribution in [0.15, 0.2) is 42.5 Å². The first-order valence-electron chi connectivity index (χ1n) is 10.7. The summed E-state index contributed by atoms with van der Waals surface area (Å²) in [4.78, 5) is 39.9. The van der Waals surface area contributed by atoms with Crippen molar-refractivity contribution >= 4 is 44.3 Å². The van der Waals surface area contributed by atoms with Gasteiger partial charge < -0.3 is 9.88 Å². The van der Waals surface area contributed by atoms with Crippen LogP contribution < -0.4 is 0 Å². The molecule has 0 aliphatic carbocycles. The zero-order chi connectivity index (χ0) is 21.4. The van der Waals surface area contributed by atoms with Gasteiger partial charge >= 0.3 is 0 Å². The van der Waals surface area contributed by atoms with Crippen LogP contribution >= 0.6 is 11.3 Å². The maximum absolute atomic E-state index is 12.9. The molecule has 0 spiro atoms. The molecule has 7 heteroatoms. The molecule has 1 aliphatic heterocycles. The van der Waals surface area contributed by atoms with Gasteiger partial charge in [-0.25, -0.2) is 9.97 Å². The van der Waals surface area contributed by atoms with Crippen LogP contribution in [0.3, 0.4) is 0 Å². The monoisotopic (exact) mass is 432 g/mol. The van der Waals surface area contributed by atoms with E-state index < -0.39 is 0 Å². The number of hydrogen-bond donors (Lipinski definition) is 1. The molecule has 3 heterocycles. The van der Waals surface area contributed by atoms with Gasteiger partial charge in [0.25, 0.3) is 0 Å². The Hall–Kier alpha value is -3.06. The zero-order valence-electron chi connectivity index (χ0n) is 17.4. The molecule has 2 aromatic heterocycles. The van der Waals surface area contributed by atoms with Gasteiger partial charge in [-0.15, -0.1) is 11.3 Å². The predicted molar refractivity (Wildman–Crippen MR) is 122 cm³/mol. The fourth-order valence-corrected chi connectivity index (χ4v) is 5.21. The third-order valence-electron chi connectivity index (χ3n) is 5.99. The summed E-state index contributed by atoms with van der Waals surface area (Å²) in [6, 6.07) is 13.9. The van der Waals surface area contributed by atoms with Crippen LogP contribution in [-0.4, -0.2) is 44.6 Å². The van der Waals surface area contributed by atoms with Gasteiger partial charge in [0.05, 0.1) is 21.3 Å². The summed E-state index contributed by atoms with van der Waals surface area (Å²) in [5.41, 5.74) is 4.00. The van der Waals surface area contributed by atoms with Crippen LogP contribution in [0.5, 0.6) is 0 Å². The summed E-state index contributed by atoms with van der Waals surface area (Å²) >= 11 is 1.46. The van der Waals surface area contributed by atoms with E-state index in [1.807, 2.05) is 41.3 Å². The molecule has 158 valence electrons. The minimum Gasteiger partial charge on any atom is -0.343 e. The Morgan fingerprint density at radius 2 is 1.90 bits per heavy atom. The second kappa shape index (κ2) is 8.23. The lowest BCUT2D eigenvalue weighted by Gasteiger charge is -2.31. The van der Waals surface area contributed by atoms with E-state index in [4.69, 9.17) is 0 Å². The molecular formula is C24H24N4O2S. The summed E-state index contributed by atoms with van der Waals surface area (Å²) in [7, 11) is 0. The molecule has 1 saturated heterocycles. The molecule has 5 rings (SSSR count). The fourth-order valence-electron chi connectivity index (χ4n) is 4.22. The Balaban J connectivity index is 1.16. The molecule has 0 saturated carbocycles. The largest absolute Gasteiger partial charge is 0.343 e. The van der Waals surface area contributed by atoms with Crippen LogP contribution in [0.2, 0.25) is 0 Å². The van der Waals surface area contributed by atoms with Crippen molar-refractivity contribution in [1.29, 1.82) is 0 Å². The number of piperidine rings is 1. The van der Waals surface area contributed by atoms with Gasteiger partial charge in [-0.05, 0) is 49.6 Å². The number of carbonyl (C=O) groups excluding carboxylic acids is 2. The maximum Gasteiger partial charge on any atom is 0.223 e. The number of hydrogen-bond acceptors (Lipinski definition) is 5. The molecule has 6 nitrogen and oxygen atoms in total. The van der Waals surface area contributed by atoms with E-state index in [-0.39, 0.29) is 17.6 Å². The number of ketones is 1. The van der Waals surface area contributed by atoms with Crippen LogP contribution in [-0.2, 0) is 11.2 Å². The fraction of sp³-hybridized carbons (Fsp3) is 0.333. The average molecular weight is 433 g/mol. The number of likely N-dealkylation sites (tertiary alicyclic amines) is 1. The van der Waals surface area contributed by atoms with E-state index in [0.29, 0.717) is 43.8 Å². The number of nitrogens with zero attached hydrogens (tertiary/aromatic N) is 3. The number of imidazole rings is 1. The smallest absolute Gasteiger partial charge is 0.223 e. The van der Waals surface area contributed by atoms with Crippen LogP contribution in [0.4, 0.5) is 0 Å². The zero-order valence-corrected chi connectivity index (χ0v) is 18.2. The number of aromatic nitrogens is 3. The Labute approximate surface area is 184 Å². The average Bonchev–Trinajstić information content (AvgIpc) is 3.40. The third-order valence-corrected chi connectivity index (χ3v) is 7.04. The van der Waals surface area contributed by atoms with Crippen molar-refractivity contribution in [2.75, 3.05) is 13.1 Å². The van der Waals surface area contributed by atoms with Crippen LogP contribution in [0.1, 0.15) is 40.5 Å². The predicted octanol–water partition coefficient (Wildman–Crippen LogP) is 4.54. The van der Waals surface area contributed by atoms with Gasteiger partial charge in [-0.1, -0.05) is 18.2 Å². The minimum atomic E-state index is -0.0526. The standard InChI is InChI=1S/C24H24N4O2S/c1-15-6-7-17-19(14-15)26-21(25-17)8-9-22(29)28-12-10-16(11-13-28)23(30)24-27-18-4-2-3-5-20(18)31-24/h2-7,14,16H,8-13H2,1H3,(H,25,26). The Morgan fingerprint density at radius 1 is 1.10 bits per heavy atom. The van der Waals surface area contributed by atoms with Gasteiger partial charge in [0.2, 0.25) is 5.91 Å². The number of carbonyl (C=O) groups is 2. The summed E-state index contributed by atoms with van der Waals surface area (Å²) in [5, 5.41) is 0.589. The minimum absolute atomic E-state index is 0.0526. The summed E-state index contributed by atoms with van der Waals surface area (Å²) in [6.07, 6.45) is 2.42. The number of aromatic amines is 1. The quantitative estimate of drug-likeness (QED) is 0.470. The van der Waals surface area contributed by atoms with E-state index in [2.05, 4.69) is 27.9 Å². The van der Waals surface area contributed by atoms with Crippen molar-refractivity contribution in [3.05, 3.63) is 58.9 Å². The number of aryl methyl sites for hydroxylation is 2. The lowest BCUT2D eigenvalue weighted by Crippen LogP contribution is -2.40. The third kappa shape index (κ3) is 4.10. The van der Waals surface area contributed by atoms with Gasteiger partial charge in [0.1, 0.15) is 5.82 Å². The van der Waals surface area contributed by atoms with Crippen LogP contribution in [0.25, 0.3) is 21.3 Å². The highest BCUT2D eigenvalue weighted by molar-refractivity contribution is 7.20. The van der Waals surface area contributed by atoms with Crippen molar-refractivity contribution in [1.82, 2.24) is 19.9 Å². The number of nitrogens with one attached hydrogen (secondary N) is 1. The van der Waals surface area contributed by atoms with E-state index >= 15 is 0 Å². The maximum atomic E-state index is 12.9. The molecule has 2 aromatic carbocycles. The summed E-state index contributed by atoms with van der Waals surface area (Å²) < 4.78 is 1.04. The molecule has 0 radical (unpaired) electrons. The lowest BCUT2D eigenvalue weighted by molar-refractivity contribution is -0.132. The molecule has 0 unspecified atom stereocenters. The molecule has 4 aromatic rings. The van der Waals surface area contributed by atoms with E-state index in [1.165, 1.54) is 16.9 Å². The van der Waals surface area contributed by atoms with E-state index in [0.717, 1.165) is 27.1 Å². The molecule has 31 heavy (non-hydrogen) atoms. The van der Waals surface area contributed by atoms with Crippen LogP contribution in [0, 0.1) is 12.8 Å². The first-order valence-corrected chi connectivity index (χ1v) is 11.5. The first-order chi connectivity index (χ1) is 15.1. The Morgan fingerprint density at radius 3 is 2.71 bits per heavy atom. The second-order valence-corrected chi connectivity index (χ2v) is 9.24. The summed E-state index contributed by atoms with van der Waals surface area (Å²) in [6.45, 7) is 3.30.